The number of amidine groups is 1. The van der Waals surface area contributed by atoms with Crippen molar-refractivity contribution in [3.05, 3.63) is 64.7 Å². The highest BCUT2D eigenvalue weighted by Crippen LogP contribution is 2.36. The van der Waals surface area contributed by atoms with Crippen molar-refractivity contribution >= 4 is 28.5 Å². The summed E-state index contributed by atoms with van der Waals surface area (Å²) in [5.41, 5.74) is 4.54. The number of nitrogens with two attached hydrogens (primary N) is 1. The molecular weight excluding hydrogens is 382 g/mol. The third-order valence-corrected chi connectivity index (χ3v) is 5.07. The van der Waals surface area contributed by atoms with Crippen LogP contribution in [0.5, 0.6) is 0 Å². The van der Waals surface area contributed by atoms with E-state index in [2.05, 4.69) is 10.3 Å². The first-order valence-electron chi connectivity index (χ1n) is 7.94. The Morgan fingerprint density at radius 1 is 1.19 bits per heavy atom. The Balaban J connectivity index is 1.94. The Morgan fingerprint density at radius 2 is 1.93 bits per heavy atom. The zero-order valence-corrected chi connectivity index (χ0v) is 15.0. The van der Waals surface area contributed by atoms with Crippen molar-refractivity contribution in [2.45, 2.75) is 18.9 Å². The molecule has 3 rings (SSSR count). The van der Waals surface area contributed by atoms with Crippen LogP contribution in [0.15, 0.2) is 35.3 Å². The first-order chi connectivity index (χ1) is 12.7. The number of anilines is 1. The molecule has 0 saturated carbocycles. The van der Waals surface area contributed by atoms with Gasteiger partial charge in [0.25, 0.3) is 5.91 Å². The molecule has 1 amide bonds. The Hall–Kier alpha value is -2.55. The first-order valence-corrected chi connectivity index (χ1v) is 8.92. The summed E-state index contributed by atoms with van der Waals surface area (Å²) in [5, 5.41) is 2.56. The summed E-state index contributed by atoms with van der Waals surface area (Å²) in [6.45, 7) is 1.82. The molecule has 1 atom stereocenters. The molecule has 0 spiro atoms. The van der Waals surface area contributed by atoms with Crippen LogP contribution in [0.2, 0.25) is 0 Å². The lowest BCUT2D eigenvalue weighted by Crippen LogP contribution is -2.29. The number of carbonyl (C=O) groups excluding carboxylic acids is 1. The summed E-state index contributed by atoms with van der Waals surface area (Å²) in [7, 11) is 0. The van der Waals surface area contributed by atoms with Gasteiger partial charge in [0.1, 0.15) is 11.6 Å². The number of amides is 1. The summed E-state index contributed by atoms with van der Waals surface area (Å²) in [6.07, 6.45) is 0.640. The maximum absolute atomic E-state index is 14.2. The van der Waals surface area contributed by atoms with Gasteiger partial charge in [0.2, 0.25) is 0 Å². The van der Waals surface area contributed by atoms with E-state index in [9.17, 15) is 22.4 Å². The van der Waals surface area contributed by atoms with E-state index in [1.807, 2.05) is 6.92 Å². The minimum atomic E-state index is -1.51. The van der Waals surface area contributed by atoms with Gasteiger partial charge in [-0.05, 0) is 37.1 Å². The lowest BCUT2D eigenvalue weighted by molar-refractivity contribution is 0.102. The third kappa shape index (κ3) is 3.92. The van der Waals surface area contributed by atoms with Gasteiger partial charge in [-0.25, -0.2) is 17.6 Å². The fourth-order valence-corrected chi connectivity index (χ4v) is 3.74. The summed E-state index contributed by atoms with van der Waals surface area (Å²) in [4.78, 5) is 16.6. The Bertz CT molecular complexity index is 950. The second kappa shape index (κ2) is 7.22. The van der Waals surface area contributed by atoms with E-state index in [0.29, 0.717) is 29.3 Å². The second-order valence-electron chi connectivity index (χ2n) is 6.22. The predicted molar refractivity (Wildman–Crippen MR) is 96.7 cm³/mol. The van der Waals surface area contributed by atoms with Crippen LogP contribution in [0, 0.1) is 23.3 Å². The maximum atomic E-state index is 14.2. The van der Waals surface area contributed by atoms with Crippen molar-refractivity contribution in [1.82, 2.24) is 0 Å². The number of aliphatic imine (C=N–C) groups is 1. The van der Waals surface area contributed by atoms with Gasteiger partial charge in [0, 0.05) is 11.8 Å². The molecule has 1 aliphatic rings. The van der Waals surface area contributed by atoms with Crippen LogP contribution in [0.4, 0.5) is 23.2 Å². The molecule has 27 heavy (non-hydrogen) atoms. The van der Waals surface area contributed by atoms with Crippen LogP contribution in [0.1, 0.15) is 29.3 Å². The van der Waals surface area contributed by atoms with Crippen molar-refractivity contribution in [1.29, 1.82) is 0 Å². The van der Waals surface area contributed by atoms with Crippen molar-refractivity contribution < 1.29 is 22.4 Å². The Kier molecular flexibility index (Phi) is 5.14. The zero-order chi connectivity index (χ0) is 19.8. The molecule has 0 radical (unpaired) electrons. The largest absolute Gasteiger partial charge is 0.379 e. The molecule has 2 aromatic rings. The van der Waals surface area contributed by atoms with E-state index in [1.54, 1.807) is 0 Å². The van der Waals surface area contributed by atoms with Crippen molar-refractivity contribution in [2.75, 3.05) is 11.1 Å². The van der Waals surface area contributed by atoms with E-state index < -0.39 is 40.3 Å². The fraction of sp³-hybridized carbons (Fsp3) is 0.222. The molecular formula is C18H15F4N3OS. The van der Waals surface area contributed by atoms with Gasteiger partial charge >= 0.3 is 0 Å². The highest BCUT2D eigenvalue weighted by atomic mass is 32.2. The van der Waals surface area contributed by atoms with Gasteiger partial charge in [-0.15, -0.1) is 0 Å². The normalized spacial score (nSPS) is 19.5. The summed E-state index contributed by atoms with van der Waals surface area (Å²) in [5.74, 6) is -5.38. The molecule has 4 nitrogen and oxygen atoms in total. The quantitative estimate of drug-likeness (QED) is 0.604. The number of nitrogens with zero attached hydrogens (tertiary/aromatic N) is 1. The molecule has 142 valence electrons. The Labute approximate surface area is 156 Å². The number of thioether (sulfide) groups is 1. The van der Waals surface area contributed by atoms with E-state index in [0.717, 1.165) is 11.8 Å². The number of hydrogen-bond acceptors (Lipinski definition) is 4. The van der Waals surface area contributed by atoms with E-state index >= 15 is 0 Å². The topological polar surface area (TPSA) is 67.5 Å². The summed E-state index contributed by atoms with van der Waals surface area (Å²) >= 11 is 1.41. The minimum Gasteiger partial charge on any atom is -0.379 e. The Morgan fingerprint density at radius 3 is 2.63 bits per heavy atom. The lowest BCUT2D eigenvalue weighted by Gasteiger charge is -2.30. The van der Waals surface area contributed by atoms with Crippen LogP contribution in [-0.2, 0) is 5.54 Å². The number of rotatable bonds is 3. The zero-order valence-electron chi connectivity index (χ0n) is 14.2. The monoisotopic (exact) mass is 397 g/mol. The van der Waals surface area contributed by atoms with E-state index in [1.165, 1.54) is 23.9 Å². The summed E-state index contributed by atoms with van der Waals surface area (Å²) < 4.78 is 54.5. The van der Waals surface area contributed by atoms with Gasteiger partial charge in [0.05, 0.1) is 16.8 Å². The molecule has 1 unspecified atom stereocenters. The molecule has 9 heteroatoms. The molecule has 1 aliphatic heterocycles. The van der Waals surface area contributed by atoms with Crippen LogP contribution < -0.4 is 11.1 Å². The van der Waals surface area contributed by atoms with Crippen LogP contribution in [0.3, 0.4) is 0 Å². The highest BCUT2D eigenvalue weighted by Gasteiger charge is 2.30. The first kappa shape index (κ1) is 19.2. The highest BCUT2D eigenvalue weighted by molar-refractivity contribution is 8.13. The lowest BCUT2D eigenvalue weighted by atomic mass is 9.89. The smallest absolute Gasteiger partial charge is 0.258 e. The molecule has 0 bridgehead atoms. The SMILES string of the molecule is CC1(c2ccc(F)c(NC(=O)c3cc(F)cc(F)c3F)c2)CCSC(N)=N1. The molecule has 3 N–H and O–H groups in total. The fourth-order valence-electron chi connectivity index (χ4n) is 2.76. The van der Waals surface area contributed by atoms with Crippen LogP contribution in [-0.4, -0.2) is 16.8 Å². The van der Waals surface area contributed by atoms with Crippen molar-refractivity contribution in [3.8, 4) is 0 Å². The van der Waals surface area contributed by atoms with Gasteiger partial charge in [-0.2, -0.15) is 0 Å². The minimum absolute atomic E-state index is 0.255. The number of hydrogen-bond donors (Lipinski definition) is 2. The van der Waals surface area contributed by atoms with E-state index in [4.69, 9.17) is 5.73 Å². The maximum Gasteiger partial charge on any atom is 0.258 e. The number of carbonyl (C=O) groups is 1. The average Bonchev–Trinajstić information content (AvgIpc) is 2.59. The van der Waals surface area contributed by atoms with Gasteiger partial charge < -0.3 is 11.1 Å². The van der Waals surface area contributed by atoms with Gasteiger partial charge in [-0.3, -0.25) is 9.79 Å². The summed E-state index contributed by atoms with van der Waals surface area (Å²) in [6, 6.07) is 4.86. The predicted octanol–water partition coefficient (Wildman–Crippen LogP) is 4.16. The molecule has 0 aliphatic carbocycles. The molecule has 2 aromatic carbocycles. The number of nitrogens with one attached hydrogen (secondary N) is 1. The standard InChI is InChI=1S/C18H15F4N3OS/c1-18(4-5-27-17(23)25-18)9-2-3-12(20)14(6-9)24-16(26)11-7-10(19)8-13(21)15(11)22/h2-3,6-8H,4-5H2,1H3,(H2,23,25)(H,24,26). The molecule has 1 heterocycles. The van der Waals surface area contributed by atoms with Gasteiger partial charge in [0.15, 0.2) is 16.8 Å². The molecule has 0 saturated heterocycles. The average molecular weight is 397 g/mol. The number of benzene rings is 2. The van der Waals surface area contributed by atoms with E-state index in [-0.39, 0.29) is 5.69 Å². The third-order valence-electron chi connectivity index (χ3n) is 4.27. The second-order valence-corrected chi connectivity index (χ2v) is 7.34. The van der Waals surface area contributed by atoms with Crippen LogP contribution >= 0.6 is 11.8 Å². The van der Waals surface area contributed by atoms with Crippen molar-refractivity contribution in [3.63, 3.8) is 0 Å². The number of halogens is 4. The van der Waals surface area contributed by atoms with Gasteiger partial charge in [-0.1, -0.05) is 17.8 Å². The van der Waals surface area contributed by atoms with Crippen molar-refractivity contribution in [2.24, 2.45) is 10.7 Å². The molecule has 0 aromatic heterocycles. The molecule has 0 fully saturated rings. The van der Waals surface area contributed by atoms with Crippen LogP contribution in [0.25, 0.3) is 0 Å².